The van der Waals surface area contributed by atoms with E-state index >= 15 is 0 Å². The molecular weight excluding hydrogens is 362 g/mol. The van der Waals surface area contributed by atoms with Gasteiger partial charge in [-0.1, -0.05) is 25.3 Å². The van der Waals surface area contributed by atoms with Crippen LogP contribution in [-0.4, -0.2) is 56.1 Å². The molecule has 2 aliphatic rings. The average Bonchev–Trinajstić information content (AvgIpc) is 3.28. The maximum Gasteiger partial charge on any atom is 0.244 e. The second-order valence-corrected chi connectivity index (χ2v) is 8.63. The second kappa shape index (κ2) is 10.0. The van der Waals surface area contributed by atoms with Crippen LogP contribution in [0.2, 0.25) is 0 Å². The lowest BCUT2D eigenvalue weighted by Crippen LogP contribution is -2.47. The van der Waals surface area contributed by atoms with Crippen LogP contribution in [0.3, 0.4) is 0 Å². The number of nitrogens with zero attached hydrogens (tertiary/aromatic N) is 5. The number of hydrogen-bond donors (Lipinski definition) is 0. The Balaban J connectivity index is 1.41. The van der Waals surface area contributed by atoms with Crippen LogP contribution in [0.25, 0.3) is 0 Å². The maximum absolute atomic E-state index is 13.1. The van der Waals surface area contributed by atoms with Crippen molar-refractivity contribution in [2.45, 2.75) is 64.1 Å². The van der Waals surface area contributed by atoms with Crippen LogP contribution in [-0.2, 0) is 17.9 Å². The zero-order valence-electron chi connectivity index (χ0n) is 17.3. The quantitative estimate of drug-likeness (QED) is 0.721. The van der Waals surface area contributed by atoms with Gasteiger partial charge >= 0.3 is 0 Å². The predicted octanol–water partition coefficient (Wildman–Crippen LogP) is 3.35. The van der Waals surface area contributed by atoms with Crippen molar-refractivity contribution in [2.75, 3.05) is 19.6 Å². The van der Waals surface area contributed by atoms with Crippen LogP contribution in [0.5, 0.6) is 0 Å². The molecule has 2 aromatic heterocycles. The lowest BCUT2D eigenvalue weighted by Gasteiger charge is -2.41. The van der Waals surface area contributed by atoms with Crippen LogP contribution >= 0.6 is 0 Å². The zero-order valence-corrected chi connectivity index (χ0v) is 17.3. The standard InChI is InChI=1S/C23H33N5O/c29-23(19-28-14-6-12-25-28)27(16-20-7-4-11-24-15-20)18-21-8-5-13-26(17-21)22-9-2-1-3-10-22/h4,6-7,11-12,14-15,21-22H,1-3,5,8-10,13,16-19H2/t21-/m0/s1. The molecule has 0 bridgehead atoms. The molecule has 2 aromatic rings. The number of pyridine rings is 1. The van der Waals surface area contributed by atoms with E-state index in [1.54, 1.807) is 17.1 Å². The van der Waals surface area contributed by atoms with Gasteiger partial charge in [0.1, 0.15) is 6.54 Å². The molecule has 1 aliphatic heterocycles. The third-order valence-corrected chi connectivity index (χ3v) is 6.43. The number of carbonyl (C=O) groups excluding carboxylic acids is 1. The summed E-state index contributed by atoms with van der Waals surface area (Å²) in [5.74, 6) is 0.677. The van der Waals surface area contributed by atoms with Gasteiger partial charge in [-0.15, -0.1) is 0 Å². The molecule has 6 heteroatoms. The van der Waals surface area contributed by atoms with Crippen molar-refractivity contribution >= 4 is 5.91 Å². The first-order valence-corrected chi connectivity index (χ1v) is 11.2. The number of likely N-dealkylation sites (tertiary alicyclic amines) is 1. The molecule has 0 aromatic carbocycles. The molecule has 4 rings (SSSR count). The Morgan fingerprint density at radius 3 is 2.76 bits per heavy atom. The lowest BCUT2D eigenvalue weighted by atomic mass is 9.90. The summed E-state index contributed by atoms with van der Waals surface area (Å²) >= 11 is 0. The van der Waals surface area contributed by atoms with E-state index in [0.29, 0.717) is 19.0 Å². The van der Waals surface area contributed by atoms with Gasteiger partial charge in [-0.2, -0.15) is 5.10 Å². The number of amides is 1. The molecule has 1 atom stereocenters. The third-order valence-electron chi connectivity index (χ3n) is 6.43. The van der Waals surface area contributed by atoms with Crippen molar-refractivity contribution in [3.8, 4) is 0 Å². The number of rotatable bonds is 7. The Bertz CT molecular complexity index is 742. The van der Waals surface area contributed by atoms with Gasteiger partial charge in [0.15, 0.2) is 0 Å². The van der Waals surface area contributed by atoms with Crippen LogP contribution in [0, 0.1) is 5.92 Å². The number of carbonyl (C=O) groups is 1. The topological polar surface area (TPSA) is 54.3 Å². The van der Waals surface area contributed by atoms with Gasteiger partial charge in [-0.25, -0.2) is 0 Å². The number of hydrogen-bond acceptors (Lipinski definition) is 4. The van der Waals surface area contributed by atoms with Crippen molar-refractivity contribution in [1.29, 1.82) is 0 Å². The number of piperidine rings is 1. The Morgan fingerprint density at radius 2 is 2.00 bits per heavy atom. The fraction of sp³-hybridized carbons (Fsp3) is 0.609. The van der Waals surface area contributed by atoms with Crippen molar-refractivity contribution in [3.05, 3.63) is 48.5 Å². The lowest BCUT2D eigenvalue weighted by molar-refractivity contribution is -0.133. The molecule has 29 heavy (non-hydrogen) atoms. The highest BCUT2D eigenvalue weighted by atomic mass is 16.2. The largest absolute Gasteiger partial charge is 0.336 e. The fourth-order valence-corrected chi connectivity index (χ4v) is 4.93. The fourth-order valence-electron chi connectivity index (χ4n) is 4.93. The predicted molar refractivity (Wildman–Crippen MR) is 113 cm³/mol. The van der Waals surface area contributed by atoms with Crippen molar-refractivity contribution in [3.63, 3.8) is 0 Å². The van der Waals surface area contributed by atoms with Gasteiger partial charge in [0.05, 0.1) is 0 Å². The molecule has 2 fully saturated rings. The van der Waals surface area contributed by atoms with Crippen LogP contribution < -0.4 is 0 Å². The van der Waals surface area contributed by atoms with E-state index in [9.17, 15) is 4.79 Å². The highest BCUT2D eigenvalue weighted by Crippen LogP contribution is 2.27. The van der Waals surface area contributed by atoms with Gasteiger partial charge in [0.2, 0.25) is 5.91 Å². The SMILES string of the molecule is O=C(Cn1cccn1)N(Cc1cccnc1)C[C@H]1CCCN(C2CCCCC2)C1. The molecule has 156 valence electrons. The third kappa shape index (κ3) is 5.66. The molecule has 0 radical (unpaired) electrons. The van der Waals surface area contributed by atoms with Gasteiger partial charge in [-0.05, 0) is 55.8 Å². The summed E-state index contributed by atoms with van der Waals surface area (Å²) < 4.78 is 1.72. The molecule has 3 heterocycles. The summed E-state index contributed by atoms with van der Waals surface area (Å²) in [4.78, 5) is 22.1. The monoisotopic (exact) mass is 395 g/mol. The van der Waals surface area contributed by atoms with Crippen molar-refractivity contribution < 1.29 is 4.79 Å². The summed E-state index contributed by atoms with van der Waals surface area (Å²) in [5, 5.41) is 4.21. The molecular formula is C23H33N5O. The van der Waals surface area contributed by atoms with Crippen LogP contribution in [0.15, 0.2) is 43.0 Å². The Morgan fingerprint density at radius 1 is 1.10 bits per heavy atom. The molecule has 1 amide bonds. The minimum Gasteiger partial charge on any atom is -0.336 e. The molecule has 0 unspecified atom stereocenters. The minimum absolute atomic E-state index is 0.132. The normalized spacial score (nSPS) is 21.2. The summed E-state index contributed by atoms with van der Waals surface area (Å²) in [6.07, 6.45) is 16.5. The van der Waals surface area contributed by atoms with Crippen LogP contribution in [0.4, 0.5) is 0 Å². The van der Waals surface area contributed by atoms with Gasteiger partial charge in [-0.3, -0.25) is 14.5 Å². The average molecular weight is 396 g/mol. The molecule has 1 aliphatic carbocycles. The minimum atomic E-state index is 0.132. The van der Waals surface area contributed by atoms with E-state index in [2.05, 4.69) is 21.0 Å². The maximum atomic E-state index is 13.1. The van der Waals surface area contributed by atoms with E-state index < -0.39 is 0 Å². The summed E-state index contributed by atoms with van der Waals surface area (Å²) in [6.45, 7) is 4.09. The van der Waals surface area contributed by atoms with Gasteiger partial charge in [0.25, 0.3) is 0 Å². The zero-order chi connectivity index (χ0) is 19.9. The Kier molecular flexibility index (Phi) is 6.93. The first kappa shape index (κ1) is 20.1. The number of aromatic nitrogens is 3. The summed E-state index contributed by atoms with van der Waals surface area (Å²) in [7, 11) is 0. The van der Waals surface area contributed by atoms with E-state index in [-0.39, 0.29) is 5.91 Å². The second-order valence-electron chi connectivity index (χ2n) is 8.63. The Labute approximate surface area is 173 Å². The summed E-state index contributed by atoms with van der Waals surface area (Å²) in [5.41, 5.74) is 1.08. The smallest absolute Gasteiger partial charge is 0.244 e. The van der Waals surface area contributed by atoms with E-state index in [1.165, 1.54) is 51.5 Å². The first-order chi connectivity index (χ1) is 14.3. The van der Waals surface area contributed by atoms with E-state index in [0.717, 1.165) is 24.7 Å². The molecule has 0 N–H and O–H groups in total. The van der Waals surface area contributed by atoms with E-state index in [1.807, 2.05) is 29.4 Å². The molecule has 1 saturated heterocycles. The summed E-state index contributed by atoms with van der Waals surface area (Å²) in [6, 6.07) is 6.62. The van der Waals surface area contributed by atoms with Gasteiger partial charge in [0, 0.05) is 50.5 Å². The molecule has 6 nitrogen and oxygen atoms in total. The highest BCUT2D eigenvalue weighted by Gasteiger charge is 2.29. The molecule has 0 spiro atoms. The van der Waals surface area contributed by atoms with E-state index in [4.69, 9.17) is 0 Å². The highest BCUT2D eigenvalue weighted by molar-refractivity contribution is 5.75. The van der Waals surface area contributed by atoms with Crippen molar-refractivity contribution in [2.24, 2.45) is 5.92 Å². The molecule has 1 saturated carbocycles. The van der Waals surface area contributed by atoms with Crippen molar-refractivity contribution in [1.82, 2.24) is 24.6 Å². The Hall–Kier alpha value is -2.21. The van der Waals surface area contributed by atoms with Gasteiger partial charge < -0.3 is 9.80 Å². The first-order valence-electron chi connectivity index (χ1n) is 11.2. The van der Waals surface area contributed by atoms with Crippen LogP contribution in [0.1, 0.15) is 50.5 Å².